The Morgan fingerprint density at radius 2 is 2.00 bits per heavy atom. The van der Waals surface area contributed by atoms with E-state index < -0.39 is 10.0 Å². The standard InChI is InChI=1S/C12H12Br2N2O3S/c1-7-12(5-9(6-15)19-7)20(17,18)16-11-3-2-8(13)4-10(11)14/h2-5,16H,6,15H2,1H3. The molecule has 0 bridgehead atoms. The van der Waals surface area contributed by atoms with Gasteiger partial charge in [0.25, 0.3) is 10.0 Å². The molecule has 0 aliphatic heterocycles. The highest BCUT2D eigenvalue weighted by atomic mass is 79.9. The molecule has 0 saturated heterocycles. The van der Waals surface area contributed by atoms with Crippen molar-refractivity contribution < 1.29 is 12.8 Å². The molecule has 8 heteroatoms. The lowest BCUT2D eigenvalue weighted by Gasteiger charge is -2.09. The summed E-state index contributed by atoms with van der Waals surface area (Å²) in [6, 6.07) is 6.59. The maximum Gasteiger partial charge on any atom is 0.265 e. The zero-order chi connectivity index (χ0) is 14.9. The molecule has 0 radical (unpaired) electrons. The number of sulfonamides is 1. The van der Waals surface area contributed by atoms with Gasteiger partial charge in [0.05, 0.1) is 12.2 Å². The van der Waals surface area contributed by atoms with E-state index in [1.165, 1.54) is 6.07 Å². The average molecular weight is 424 g/mol. The molecule has 1 aromatic heterocycles. The number of furan rings is 1. The van der Waals surface area contributed by atoms with Crippen molar-refractivity contribution >= 4 is 47.6 Å². The summed E-state index contributed by atoms with van der Waals surface area (Å²) >= 11 is 6.62. The Kier molecular flexibility index (Phi) is 4.58. The van der Waals surface area contributed by atoms with Gasteiger partial charge in [0.2, 0.25) is 0 Å². The van der Waals surface area contributed by atoms with Gasteiger partial charge in [0.15, 0.2) is 0 Å². The van der Waals surface area contributed by atoms with Gasteiger partial charge in [0, 0.05) is 15.0 Å². The van der Waals surface area contributed by atoms with Crippen LogP contribution in [0.2, 0.25) is 0 Å². The van der Waals surface area contributed by atoms with Crippen LogP contribution in [0.3, 0.4) is 0 Å². The minimum absolute atomic E-state index is 0.0905. The summed E-state index contributed by atoms with van der Waals surface area (Å²) < 4.78 is 34.0. The Bertz CT molecular complexity index is 741. The number of aryl methyl sites for hydroxylation is 1. The van der Waals surface area contributed by atoms with Crippen molar-refractivity contribution in [2.45, 2.75) is 18.4 Å². The van der Waals surface area contributed by atoms with Gasteiger partial charge in [-0.2, -0.15) is 0 Å². The summed E-state index contributed by atoms with van der Waals surface area (Å²) in [5.41, 5.74) is 5.89. The molecule has 5 nitrogen and oxygen atoms in total. The Labute approximate surface area is 133 Å². The SMILES string of the molecule is Cc1oc(CN)cc1S(=O)(=O)Nc1ccc(Br)cc1Br. The van der Waals surface area contributed by atoms with E-state index in [0.29, 0.717) is 21.7 Å². The second-order valence-corrected chi connectivity index (χ2v) is 7.49. The van der Waals surface area contributed by atoms with E-state index in [2.05, 4.69) is 36.6 Å². The molecular formula is C12H12Br2N2O3S. The number of rotatable bonds is 4. The Morgan fingerprint density at radius 3 is 2.55 bits per heavy atom. The van der Waals surface area contributed by atoms with E-state index in [-0.39, 0.29) is 11.4 Å². The Hall–Kier alpha value is -0.830. The molecule has 0 fully saturated rings. The van der Waals surface area contributed by atoms with Crippen molar-refractivity contribution in [1.29, 1.82) is 0 Å². The van der Waals surface area contributed by atoms with Gasteiger partial charge in [-0.15, -0.1) is 0 Å². The fraction of sp³-hybridized carbons (Fsp3) is 0.167. The van der Waals surface area contributed by atoms with Crippen molar-refractivity contribution in [2.24, 2.45) is 5.73 Å². The number of halogens is 2. The third kappa shape index (κ3) is 3.25. The molecule has 0 saturated carbocycles. The molecule has 1 aromatic carbocycles. The molecule has 2 rings (SSSR count). The Balaban J connectivity index is 2.38. The third-order valence-corrected chi connectivity index (χ3v) is 5.21. The first-order valence-corrected chi connectivity index (χ1v) is 8.67. The van der Waals surface area contributed by atoms with Crippen LogP contribution in [0.5, 0.6) is 0 Å². The molecular weight excluding hydrogens is 412 g/mol. The Morgan fingerprint density at radius 1 is 1.30 bits per heavy atom. The smallest absolute Gasteiger partial charge is 0.265 e. The first kappa shape index (κ1) is 15.6. The summed E-state index contributed by atoms with van der Waals surface area (Å²) in [7, 11) is -3.71. The second-order valence-electron chi connectivity index (χ2n) is 4.07. The van der Waals surface area contributed by atoms with Crippen molar-refractivity contribution in [2.75, 3.05) is 4.72 Å². The van der Waals surface area contributed by atoms with Gasteiger partial charge < -0.3 is 10.2 Å². The maximum atomic E-state index is 12.3. The minimum atomic E-state index is -3.71. The molecule has 20 heavy (non-hydrogen) atoms. The first-order valence-electron chi connectivity index (χ1n) is 5.60. The summed E-state index contributed by atoms with van der Waals surface area (Å²) in [5.74, 6) is 0.740. The lowest BCUT2D eigenvalue weighted by Crippen LogP contribution is -2.13. The number of anilines is 1. The van der Waals surface area contributed by atoms with E-state index in [4.69, 9.17) is 10.2 Å². The molecule has 0 unspecified atom stereocenters. The maximum absolute atomic E-state index is 12.3. The lowest BCUT2D eigenvalue weighted by molar-refractivity contribution is 0.479. The highest BCUT2D eigenvalue weighted by Crippen LogP contribution is 2.29. The largest absolute Gasteiger partial charge is 0.464 e. The number of nitrogens with one attached hydrogen (secondary N) is 1. The molecule has 0 aliphatic rings. The summed E-state index contributed by atoms with van der Waals surface area (Å²) in [5, 5.41) is 0. The fourth-order valence-electron chi connectivity index (χ4n) is 1.66. The second kappa shape index (κ2) is 5.88. The van der Waals surface area contributed by atoms with Crippen molar-refractivity contribution in [3.05, 3.63) is 44.7 Å². The molecule has 0 amide bonds. The number of nitrogens with two attached hydrogens (primary N) is 1. The normalized spacial score (nSPS) is 11.6. The monoisotopic (exact) mass is 422 g/mol. The molecule has 2 aromatic rings. The van der Waals surface area contributed by atoms with Gasteiger partial charge in [-0.3, -0.25) is 4.72 Å². The molecule has 108 valence electrons. The predicted octanol–water partition coefficient (Wildman–Crippen LogP) is 3.37. The zero-order valence-corrected chi connectivity index (χ0v) is 14.5. The third-order valence-electron chi connectivity index (χ3n) is 2.59. The van der Waals surface area contributed by atoms with Crippen LogP contribution in [0.25, 0.3) is 0 Å². The van der Waals surface area contributed by atoms with Crippen LogP contribution in [0, 0.1) is 6.92 Å². The van der Waals surface area contributed by atoms with Crippen LogP contribution in [0.15, 0.2) is 42.5 Å². The van der Waals surface area contributed by atoms with Crippen LogP contribution >= 0.6 is 31.9 Å². The number of benzene rings is 1. The van der Waals surface area contributed by atoms with Gasteiger partial charge in [-0.05, 0) is 41.1 Å². The van der Waals surface area contributed by atoms with Gasteiger partial charge in [-0.25, -0.2) is 8.42 Å². The highest BCUT2D eigenvalue weighted by molar-refractivity contribution is 9.11. The van der Waals surface area contributed by atoms with Crippen LogP contribution in [0.1, 0.15) is 11.5 Å². The first-order chi connectivity index (χ1) is 9.33. The minimum Gasteiger partial charge on any atom is -0.464 e. The van der Waals surface area contributed by atoms with E-state index in [1.54, 1.807) is 25.1 Å². The van der Waals surface area contributed by atoms with Crippen molar-refractivity contribution in [3.63, 3.8) is 0 Å². The van der Waals surface area contributed by atoms with Crippen LogP contribution in [-0.4, -0.2) is 8.42 Å². The zero-order valence-electron chi connectivity index (χ0n) is 10.5. The topological polar surface area (TPSA) is 85.3 Å². The van der Waals surface area contributed by atoms with Crippen LogP contribution < -0.4 is 10.5 Å². The summed E-state index contributed by atoms with van der Waals surface area (Å²) in [6.07, 6.45) is 0. The number of hydrogen-bond acceptors (Lipinski definition) is 4. The molecule has 0 aliphatic carbocycles. The fourth-order valence-corrected chi connectivity index (χ4v) is 4.23. The van der Waals surface area contributed by atoms with E-state index in [0.717, 1.165) is 4.47 Å². The summed E-state index contributed by atoms with van der Waals surface area (Å²) in [4.78, 5) is 0.0905. The van der Waals surface area contributed by atoms with Gasteiger partial charge >= 0.3 is 0 Å². The van der Waals surface area contributed by atoms with Crippen LogP contribution in [-0.2, 0) is 16.6 Å². The summed E-state index contributed by atoms with van der Waals surface area (Å²) in [6.45, 7) is 1.74. The molecule has 3 N–H and O–H groups in total. The van der Waals surface area contributed by atoms with E-state index >= 15 is 0 Å². The number of hydrogen-bond donors (Lipinski definition) is 2. The molecule has 0 atom stereocenters. The average Bonchev–Trinajstić information content (AvgIpc) is 2.75. The predicted molar refractivity (Wildman–Crippen MR) is 84.0 cm³/mol. The van der Waals surface area contributed by atoms with E-state index in [1.807, 2.05) is 0 Å². The van der Waals surface area contributed by atoms with Gasteiger partial charge in [0.1, 0.15) is 16.4 Å². The van der Waals surface area contributed by atoms with Crippen molar-refractivity contribution in [3.8, 4) is 0 Å². The lowest BCUT2D eigenvalue weighted by atomic mass is 10.3. The van der Waals surface area contributed by atoms with E-state index in [9.17, 15) is 8.42 Å². The quantitative estimate of drug-likeness (QED) is 0.789. The highest BCUT2D eigenvalue weighted by Gasteiger charge is 2.22. The molecule has 1 heterocycles. The van der Waals surface area contributed by atoms with Crippen LogP contribution in [0.4, 0.5) is 5.69 Å². The molecule has 0 spiro atoms. The van der Waals surface area contributed by atoms with Gasteiger partial charge in [-0.1, -0.05) is 15.9 Å². The van der Waals surface area contributed by atoms with Crippen molar-refractivity contribution in [1.82, 2.24) is 0 Å².